The Morgan fingerprint density at radius 3 is 2.79 bits per heavy atom. The molecule has 0 aliphatic heterocycles. The maximum Gasteiger partial charge on any atom is 0.00769 e. The summed E-state index contributed by atoms with van der Waals surface area (Å²) in [6.07, 6.45) is 3.95. The van der Waals surface area contributed by atoms with Gasteiger partial charge in [-0.05, 0) is 48.8 Å². The van der Waals surface area contributed by atoms with Gasteiger partial charge in [0.15, 0.2) is 0 Å². The molecule has 0 radical (unpaired) electrons. The maximum atomic E-state index is 3.61. The molecule has 2 heteroatoms. The van der Waals surface area contributed by atoms with E-state index in [0.717, 1.165) is 38.0 Å². The highest BCUT2D eigenvalue weighted by atomic mass is 14.9. The van der Waals surface area contributed by atoms with E-state index in [1.807, 2.05) is 0 Å². The lowest BCUT2D eigenvalue weighted by molar-refractivity contribution is 0.490. The topological polar surface area (TPSA) is 24.1 Å². The molecule has 0 fully saturated rings. The molecule has 1 aliphatic carbocycles. The molecule has 0 spiro atoms. The highest BCUT2D eigenvalue weighted by Gasteiger charge is 2.18. The molecule has 2 rings (SSSR count). The first kappa shape index (κ1) is 14.5. The van der Waals surface area contributed by atoms with Gasteiger partial charge in [-0.1, -0.05) is 38.1 Å². The van der Waals surface area contributed by atoms with Crippen molar-refractivity contribution in [2.45, 2.75) is 39.0 Å². The largest absolute Gasteiger partial charge is 0.315 e. The molecule has 0 saturated heterocycles. The van der Waals surface area contributed by atoms with E-state index in [4.69, 9.17) is 0 Å². The molecule has 0 aromatic heterocycles. The average Bonchev–Trinajstić information content (AvgIpc) is 2.42. The highest BCUT2D eigenvalue weighted by molar-refractivity contribution is 5.32. The van der Waals surface area contributed by atoms with Crippen LogP contribution < -0.4 is 10.6 Å². The van der Waals surface area contributed by atoms with Crippen molar-refractivity contribution in [3.63, 3.8) is 0 Å². The van der Waals surface area contributed by atoms with Crippen LogP contribution in [0.4, 0.5) is 0 Å². The van der Waals surface area contributed by atoms with E-state index in [1.165, 1.54) is 19.3 Å². The zero-order valence-corrected chi connectivity index (χ0v) is 12.4. The predicted octanol–water partition coefficient (Wildman–Crippen LogP) is 2.94. The summed E-state index contributed by atoms with van der Waals surface area (Å²) in [6, 6.07) is 8.97. The Bertz CT molecular complexity index is 373. The third-order valence-electron chi connectivity index (χ3n) is 3.92. The molecule has 0 bridgehead atoms. The normalized spacial score (nSPS) is 18.6. The van der Waals surface area contributed by atoms with Crippen LogP contribution in [-0.2, 0) is 6.42 Å². The van der Waals surface area contributed by atoms with Gasteiger partial charge < -0.3 is 10.6 Å². The molecule has 2 nitrogen and oxygen atoms in total. The van der Waals surface area contributed by atoms with Crippen LogP contribution in [0.2, 0.25) is 0 Å². The molecule has 0 heterocycles. The van der Waals surface area contributed by atoms with Gasteiger partial charge in [0.05, 0.1) is 0 Å². The van der Waals surface area contributed by atoms with Gasteiger partial charge in [-0.25, -0.2) is 0 Å². The van der Waals surface area contributed by atoms with Crippen LogP contribution in [0.15, 0.2) is 24.3 Å². The quantitative estimate of drug-likeness (QED) is 0.737. The molecule has 0 amide bonds. The maximum absolute atomic E-state index is 3.61. The molecule has 1 aromatic rings. The minimum absolute atomic E-state index is 0.718. The Kier molecular flexibility index (Phi) is 5.87. The van der Waals surface area contributed by atoms with Crippen molar-refractivity contribution in [1.82, 2.24) is 10.6 Å². The third kappa shape index (κ3) is 4.63. The van der Waals surface area contributed by atoms with Crippen molar-refractivity contribution in [2.24, 2.45) is 5.92 Å². The molecule has 1 aromatic carbocycles. The first-order valence-electron chi connectivity index (χ1n) is 7.76. The van der Waals surface area contributed by atoms with Crippen molar-refractivity contribution >= 4 is 0 Å². The van der Waals surface area contributed by atoms with Crippen LogP contribution in [0.1, 0.15) is 43.7 Å². The Labute approximate surface area is 118 Å². The van der Waals surface area contributed by atoms with Crippen molar-refractivity contribution in [3.8, 4) is 0 Å². The summed E-state index contributed by atoms with van der Waals surface area (Å²) < 4.78 is 0. The highest BCUT2D eigenvalue weighted by Crippen LogP contribution is 2.30. The van der Waals surface area contributed by atoms with Gasteiger partial charge in [0.25, 0.3) is 0 Å². The number of aryl methyl sites for hydroxylation is 1. The van der Waals surface area contributed by atoms with Crippen LogP contribution in [0.5, 0.6) is 0 Å². The Morgan fingerprint density at radius 1 is 1.16 bits per heavy atom. The van der Waals surface area contributed by atoms with Crippen LogP contribution in [-0.4, -0.2) is 26.2 Å². The Hall–Kier alpha value is -0.860. The zero-order chi connectivity index (χ0) is 13.5. The van der Waals surface area contributed by atoms with E-state index in [0.29, 0.717) is 0 Å². The standard InChI is InChI=1S/C17H28N2/c1-14(2)12-18-10-11-19-13-16-8-5-7-15-6-3-4-9-17(15)16/h3-4,6,9,14,16,18-19H,5,7-8,10-13H2,1-2H3. The van der Waals surface area contributed by atoms with Crippen LogP contribution in [0, 0.1) is 5.92 Å². The van der Waals surface area contributed by atoms with E-state index in [9.17, 15) is 0 Å². The predicted molar refractivity (Wildman–Crippen MR) is 82.7 cm³/mol. The summed E-state index contributed by atoms with van der Waals surface area (Å²) in [7, 11) is 0. The number of benzene rings is 1. The molecule has 19 heavy (non-hydrogen) atoms. The first-order chi connectivity index (χ1) is 9.27. The summed E-state index contributed by atoms with van der Waals surface area (Å²) in [5.74, 6) is 1.46. The fourth-order valence-corrected chi connectivity index (χ4v) is 2.91. The number of nitrogens with one attached hydrogen (secondary N) is 2. The molecule has 1 atom stereocenters. The van der Waals surface area contributed by atoms with Gasteiger partial charge in [-0.15, -0.1) is 0 Å². The average molecular weight is 260 g/mol. The molecule has 1 aliphatic rings. The number of rotatable bonds is 7. The number of hydrogen-bond acceptors (Lipinski definition) is 2. The first-order valence-corrected chi connectivity index (χ1v) is 7.76. The molecule has 0 saturated carbocycles. The van der Waals surface area contributed by atoms with Gasteiger partial charge in [0.2, 0.25) is 0 Å². The van der Waals surface area contributed by atoms with E-state index < -0.39 is 0 Å². The fraction of sp³-hybridized carbons (Fsp3) is 0.647. The van der Waals surface area contributed by atoms with Crippen LogP contribution in [0.25, 0.3) is 0 Å². The SMILES string of the molecule is CC(C)CNCCNCC1CCCc2ccccc21. The van der Waals surface area contributed by atoms with Crippen LogP contribution in [0.3, 0.4) is 0 Å². The van der Waals surface area contributed by atoms with Crippen LogP contribution >= 0.6 is 0 Å². The Balaban J connectivity index is 1.70. The second-order valence-corrected chi connectivity index (χ2v) is 6.09. The minimum atomic E-state index is 0.718. The van der Waals surface area contributed by atoms with Crippen molar-refractivity contribution < 1.29 is 0 Å². The van der Waals surface area contributed by atoms with E-state index in [-0.39, 0.29) is 0 Å². The second-order valence-electron chi connectivity index (χ2n) is 6.09. The summed E-state index contributed by atoms with van der Waals surface area (Å²) in [5, 5.41) is 7.09. The molecule has 1 unspecified atom stereocenters. The minimum Gasteiger partial charge on any atom is -0.315 e. The van der Waals surface area contributed by atoms with Gasteiger partial charge in [0.1, 0.15) is 0 Å². The molecule has 106 valence electrons. The summed E-state index contributed by atoms with van der Waals surface area (Å²) >= 11 is 0. The fourth-order valence-electron chi connectivity index (χ4n) is 2.91. The van der Waals surface area contributed by atoms with Crippen molar-refractivity contribution in [2.75, 3.05) is 26.2 Å². The third-order valence-corrected chi connectivity index (χ3v) is 3.92. The zero-order valence-electron chi connectivity index (χ0n) is 12.4. The molecule has 2 N–H and O–H groups in total. The Morgan fingerprint density at radius 2 is 1.95 bits per heavy atom. The van der Waals surface area contributed by atoms with E-state index >= 15 is 0 Å². The number of fused-ring (bicyclic) bond motifs is 1. The van der Waals surface area contributed by atoms with E-state index in [1.54, 1.807) is 11.1 Å². The summed E-state index contributed by atoms with van der Waals surface area (Å²) in [4.78, 5) is 0. The van der Waals surface area contributed by atoms with Crippen molar-refractivity contribution in [3.05, 3.63) is 35.4 Å². The summed E-state index contributed by atoms with van der Waals surface area (Å²) in [6.45, 7) is 8.89. The lowest BCUT2D eigenvalue weighted by Gasteiger charge is -2.25. The lowest BCUT2D eigenvalue weighted by atomic mass is 9.83. The second kappa shape index (κ2) is 7.66. The van der Waals surface area contributed by atoms with Gasteiger partial charge in [0, 0.05) is 19.6 Å². The van der Waals surface area contributed by atoms with Gasteiger partial charge in [-0.3, -0.25) is 0 Å². The number of hydrogen-bond donors (Lipinski definition) is 2. The van der Waals surface area contributed by atoms with Crippen molar-refractivity contribution in [1.29, 1.82) is 0 Å². The van der Waals surface area contributed by atoms with E-state index in [2.05, 4.69) is 48.7 Å². The monoisotopic (exact) mass is 260 g/mol. The molecular weight excluding hydrogens is 232 g/mol. The summed E-state index contributed by atoms with van der Waals surface area (Å²) in [5.41, 5.74) is 3.15. The lowest BCUT2D eigenvalue weighted by Crippen LogP contribution is -2.32. The smallest absolute Gasteiger partial charge is 0.00769 e. The van der Waals surface area contributed by atoms with Gasteiger partial charge in [-0.2, -0.15) is 0 Å². The van der Waals surface area contributed by atoms with Gasteiger partial charge >= 0.3 is 0 Å². The molecular formula is C17H28N2.